The quantitative estimate of drug-likeness (QED) is 0.837. The van der Waals surface area contributed by atoms with Gasteiger partial charge in [-0.25, -0.2) is 8.42 Å². The smallest absolute Gasteiger partial charge is 0.243 e. The van der Waals surface area contributed by atoms with Gasteiger partial charge in [-0.15, -0.1) is 0 Å². The summed E-state index contributed by atoms with van der Waals surface area (Å²) in [6, 6.07) is 6.58. The molecule has 6 nitrogen and oxygen atoms in total. The molecule has 1 aliphatic heterocycles. The maximum absolute atomic E-state index is 12.9. The van der Waals surface area contributed by atoms with Crippen LogP contribution < -0.4 is 5.32 Å². The molecule has 152 valence electrons. The Morgan fingerprint density at radius 3 is 2.18 bits per heavy atom. The molecular formula is C21H28N2O4S. The van der Waals surface area contributed by atoms with Crippen LogP contribution >= 0.6 is 0 Å². The maximum atomic E-state index is 12.9. The molecule has 28 heavy (non-hydrogen) atoms. The predicted octanol–water partition coefficient (Wildman–Crippen LogP) is 2.72. The van der Waals surface area contributed by atoms with Gasteiger partial charge in [-0.2, -0.15) is 4.31 Å². The van der Waals surface area contributed by atoms with Gasteiger partial charge < -0.3 is 10.1 Å². The molecule has 7 heteroatoms. The van der Waals surface area contributed by atoms with E-state index >= 15 is 0 Å². The fourth-order valence-electron chi connectivity index (χ4n) is 6.09. The monoisotopic (exact) mass is 404 g/mol. The van der Waals surface area contributed by atoms with Gasteiger partial charge in [0.25, 0.3) is 0 Å². The van der Waals surface area contributed by atoms with Gasteiger partial charge in [-0.3, -0.25) is 4.79 Å². The summed E-state index contributed by atoms with van der Waals surface area (Å²) in [5.74, 6) is 3.00. The van der Waals surface area contributed by atoms with Gasteiger partial charge in [0, 0.05) is 24.7 Å². The van der Waals surface area contributed by atoms with Crippen LogP contribution in [0.3, 0.4) is 0 Å². The van der Waals surface area contributed by atoms with Crippen LogP contribution in [0.2, 0.25) is 0 Å². The molecule has 2 bridgehead atoms. The van der Waals surface area contributed by atoms with Crippen LogP contribution in [0.15, 0.2) is 29.2 Å². The van der Waals surface area contributed by atoms with E-state index in [4.69, 9.17) is 4.74 Å². The Labute approximate surface area is 166 Å². The number of ether oxygens (including phenoxy) is 1. The lowest BCUT2D eigenvalue weighted by atomic mass is 10.0. The first kappa shape index (κ1) is 18.6. The molecule has 0 radical (unpaired) electrons. The van der Waals surface area contributed by atoms with E-state index in [1.807, 2.05) is 13.8 Å². The standard InChI is InChI=1S/C21H28N2O4S/c1-12-10-23(11-13(2)27-12)28(25,26)17-7-5-16(6-8-17)22-21(24)20-18-14-3-4-15(9-14)19(18)20/h5-8,12-15,18-20H,3-4,9-11H2,1-2H3,(H,22,24)/t12-,13+,14-,15-,18-,19+,20?/m0/s1. The first-order valence-electron chi connectivity index (χ1n) is 10.4. The Balaban J connectivity index is 1.25. The number of amides is 1. The summed E-state index contributed by atoms with van der Waals surface area (Å²) in [5, 5.41) is 3.01. The largest absolute Gasteiger partial charge is 0.373 e. The minimum absolute atomic E-state index is 0.109. The summed E-state index contributed by atoms with van der Waals surface area (Å²) >= 11 is 0. The van der Waals surface area contributed by atoms with Gasteiger partial charge in [0.15, 0.2) is 0 Å². The summed E-state index contributed by atoms with van der Waals surface area (Å²) in [7, 11) is -3.56. The number of carbonyl (C=O) groups excluding carboxylic acids is 1. The average Bonchev–Trinajstić information content (AvgIpc) is 3.09. The zero-order chi connectivity index (χ0) is 19.6. The van der Waals surface area contributed by atoms with Crippen molar-refractivity contribution < 1.29 is 17.9 Å². The van der Waals surface area contributed by atoms with Crippen molar-refractivity contribution in [3.05, 3.63) is 24.3 Å². The van der Waals surface area contributed by atoms with Crippen molar-refractivity contribution in [2.75, 3.05) is 18.4 Å². The Kier molecular flexibility index (Phi) is 4.34. The molecule has 3 saturated carbocycles. The highest BCUT2D eigenvalue weighted by Crippen LogP contribution is 2.69. The molecule has 1 unspecified atom stereocenters. The Hall–Kier alpha value is -1.44. The lowest BCUT2D eigenvalue weighted by Gasteiger charge is -2.34. The molecule has 1 amide bonds. The van der Waals surface area contributed by atoms with Crippen LogP contribution in [-0.2, 0) is 19.6 Å². The van der Waals surface area contributed by atoms with Crippen molar-refractivity contribution in [3.8, 4) is 0 Å². The van der Waals surface area contributed by atoms with Gasteiger partial charge in [0.05, 0.1) is 17.1 Å². The molecule has 0 spiro atoms. The molecule has 7 atom stereocenters. The number of hydrogen-bond acceptors (Lipinski definition) is 4. The summed E-state index contributed by atoms with van der Waals surface area (Å²) in [4.78, 5) is 12.9. The normalized spacial score (nSPS) is 39.6. The predicted molar refractivity (Wildman–Crippen MR) is 105 cm³/mol. The van der Waals surface area contributed by atoms with Crippen LogP contribution in [0.25, 0.3) is 0 Å². The number of rotatable bonds is 4. The molecule has 1 heterocycles. The summed E-state index contributed by atoms with van der Waals surface area (Å²) < 4.78 is 33.0. The van der Waals surface area contributed by atoms with E-state index in [9.17, 15) is 13.2 Å². The zero-order valence-electron chi connectivity index (χ0n) is 16.4. The van der Waals surface area contributed by atoms with E-state index in [1.54, 1.807) is 24.3 Å². The summed E-state index contributed by atoms with van der Waals surface area (Å²) in [5.41, 5.74) is 0.671. The number of nitrogens with one attached hydrogen (secondary N) is 1. The minimum atomic E-state index is -3.56. The molecular weight excluding hydrogens is 376 g/mol. The van der Waals surface area contributed by atoms with Gasteiger partial charge in [0.2, 0.25) is 15.9 Å². The Bertz CT molecular complexity index is 858. The zero-order valence-corrected chi connectivity index (χ0v) is 17.2. The Morgan fingerprint density at radius 2 is 1.61 bits per heavy atom. The number of fused-ring (bicyclic) bond motifs is 5. The van der Waals surface area contributed by atoms with Gasteiger partial charge in [-0.05, 0) is 81.0 Å². The van der Waals surface area contributed by atoms with Crippen LogP contribution in [0.4, 0.5) is 5.69 Å². The van der Waals surface area contributed by atoms with Crippen LogP contribution in [0, 0.1) is 29.6 Å². The van der Waals surface area contributed by atoms with Gasteiger partial charge >= 0.3 is 0 Å². The third kappa shape index (κ3) is 2.99. The van der Waals surface area contributed by atoms with Crippen molar-refractivity contribution in [2.45, 2.75) is 50.2 Å². The minimum Gasteiger partial charge on any atom is -0.373 e. The number of nitrogens with zero attached hydrogens (tertiary/aromatic N) is 1. The first-order chi connectivity index (χ1) is 13.3. The summed E-state index contributed by atoms with van der Waals surface area (Å²) in [6.07, 6.45) is 3.67. The SMILES string of the molecule is C[C@@H]1CN(S(=O)(=O)c2ccc(NC(=O)C3[C@@H]4[C@H]5CC[C@@H](C5)[C@H]34)cc2)C[C@H](C)O1. The van der Waals surface area contributed by atoms with E-state index in [2.05, 4.69) is 5.32 Å². The van der Waals surface area contributed by atoms with Crippen LogP contribution in [0.5, 0.6) is 0 Å². The number of benzene rings is 1. The molecule has 1 saturated heterocycles. The van der Waals surface area contributed by atoms with E-state index < -0.39 is 10.0 Å². The van der Waals surface area contributed by atoms with Crippen molar-refractivity contribution >= 4 is 21.6 Å². The first-order valence-corrected chi connectivity index (χ1v) is 11.8. The van der Waals surface area contributed by atoms with Crippen molar-refractivity contribution in [3.63, 3.8) is 0 Å². The third-order valence-corrected chi connectivity index (χ3v) is 9.03. The van der Waals surface area contributed by atoms with E-state index in [0.29, 0.717) is 30.6 Å². The topological polar surface area (TPSA) is 75.7 Å². The third-order valence-electron chi connectivity index (χ3n) is 7.18. The van der Waals surface area contributed by atoms with Crippen molar-refractivity contribution in [1.29, 1.82) is 0 Å². The molecule has 0 aromatic heterocycles. The van der Waals surface area contributed by atoms with Gasteiger partial charge in [-0.1, -0.05) is 0 Å². The highest BCUT2D eigenvalue weighted by molar-refractivity contribution is 7.89. The van der Waals surface area contributed by atoms with Crippen LogP contribution in [0.1, 0.15) is 33.1 Å². The highest BCUT2D eigenvalue weighted by Gasteiger charge is 2.67. The van der Waals surface area contributed by atoms with E-state index in [0.717, 1.165) is 11.8 Å². The van der Waals surface area contributed by atoms with E-state index in [-0.39, 0.29) is 28.9 Å². The van der Waals surface area contributed by atoms with Gasteiger partial charge in [0.1, 0.15) is 0 Å². The fraction of sp³-hybridized carbons (Fsp3) is 0.667. The molecule has 1 N–H and O–H groups in total. The second-order valence-corrected chi connectivity index (χ2v) is 11.0. The van der Waals surface area contributed by atoms with Crippen molar-refractivity contribution in [2.24, 2.45) is 29.6 Å². The number of carbonyl (C=O) groups is 1. The lowest BCUT2D eigenvalue weighted by molar-refractivity contribution is -0.118. The maximum Gasteiger partial charge on any atom is 0.243 e. The molecule has 1 aromatic carbocycles. The second-order valence-electron chi connectivity index (χ2n) is 9.11. The average molecular weight is 405 g/mol. The Morgan fingerprint density at radius 1 is 1.04 bits per heavy atom. The van der Waals surface area contributed by atoms with Crippen LogP contribution in [-0.4, -0.2) is 43.9 Å². The van der Waals surface area contributed by atoms with Crippen molar-refractivity contribution in [1.82, 2.24) is 4.31 Å². The molecule has 1 aromatic rings. The molecule has 4 fully saturated rings. The molecule has 5 rings (SSSR count). The second kappa shape index (κ2) is 6.54. The molecule has 4 aliphatic rings. The number of anilines is 1. The fourth-order valence-corrected chi connectivity index (χ4v) is 7.68. The molecule has 3 aliphatic carbocycles. The highest BCUT2D eigenvalue weighted by atomic mass is 32.2. The van der Waals surface area contributed by atoms with E-state index in [1.165, 1.54) is 23.6 Å². The number of hydrogen-bond donors (Lipinski definition) is 1. The number of morpholine rings is 1. The summed E-state index contributed by atoms with van der Waals surface area (Å²) in [6.45, 7) is 4.49. The lowest BCUT2D eigenvalue weighted by Crippen LogP contribution is -2.48. The number of sulfonamides is 1.